The highest BCUT2D eigenvalue weighted by Gasteiger charge is 2.32. The highest BCUT2D eigenvalue weighted by atomic mass is 32.2. The highest BCUT2D eigenvalue weighted by molar-refractivity contribution is 7.92. The molecule has 0 radical (unpaired) electrons. The summed E-state index contributed by atoms with van der Waals surface area (Å²) in [6.45, 7) is 7.43. The number of nitrogens with zero attached hydrogens (tertiary/aromatic N) is 2. The molecule has 8 heteroatoms. The number of para-hydroxylation sites is 1. The molecule has 3 rings (SSSR count). The normalized spacial score (nSPS) is 12.0. The van der Waals surface area contributed by atoms with Gasteiger partial charge in [0.05, 0.1) is 10.6 Å². The van der Waals surface area contributed by atoms with Crippen molar-refractivity contribution in [3.63, 3.8) is 0 Å². The van der Waals surface area contributed by atoms with Gasteiger partial charge in [-0.25, -0.2) is 8.42 Å². The largest absolute Gasteiger partial charge is 0.355 e. The van der Waals surface area contributed by atoms with Crippen molar-refractivity contribution in [3.8, 4) is 0 Å². The fraction of sp³-hybridized carbons (Fsp3) is 0.286. The van der Waals surface area contributed by atoms with Crippen LogP contribution in [0.25, 0.3) is 0 Å². The minimum Gasteiger partial charge on any atom is -0.355 e. The molecule has 0 unspecified atom stereocenters. The van der Waals surface area contributed by atoms with Crippen molar-refractivity contribution in [1.29, 1.82) is 0 Å². The van der Waals surface area contributed by atoms with Crippen molar-refractivity contribution in [3.05, 3.63) is 95.6 Å². The SMILES string of the molecule is CCNC(=O)[C@H](C)N(Cc1ccccc1C)C(=O)CN(c1ccccc1)S(=O)(=O)c1ccc(C)cc1. The van der Waals surface area contributed by atoms with E-state index in [-0.39, 0.29) is 17.3 Å². The number of anilines is 1. The van der Waals surface area contributed by atoms with Crippen LogP contribution in [0.15, 0.2) is 83.8 Å². The second kappa shape index (κ2) is 11.9. The van der Waals surface area contributed by atoms with E-state index in [1.54, 1.807) is 49.4 Å². The Kier molecular flexibility index (Phi) is 8.88. The Labute approximate surface area is 213 Å². The molecule has 190 valence electrons. The first-order valence-electron chi connectivity index (χ1n) is 11.9. The van der Waals surface area contributed by atoms with Crippen LogP contribution in [-0.2, 0) is 26.2 Å². The predicted molar refractivity (Wildman–Crippen MR) is 142 cm³/mol. The zero-order chi connectivity index (χ0) is 26.3. The molecular weight excluding hydrogens is 474 g/mol. The second-order valence-electron chi connectivity index (χ2n) is 8.68. The summed E-state index contributed by atoms with van der Waals surface area (Å²) in [5.41, 5.74) is 3.16. The molecule has 1 atom stereocenters. The maximum absolute atomic E-state index is 13.8. The molecule has 1 N–H and O–H groups in total. The summed E-state index contributed by atoms with van der Waals surface area (Å²) in [6, 6.07) is 21.9. The number of carbonyl (C=O) groups is 2. The van der Waals surface area contributed by atoms with Crippen molar-refractivity contribution >= 4 is 27.5 Å². The third-order valence-corrected chi connectivity index (χ3v) is 7.84. The molecule has 0 bridgehead atoms. The van der Waals surface area contributed by atoms with E-state index in [0.717, 1.165) is 21.0 Å². The van der Waals surface area contributed by atoms with Gasteiger partial charge in [0.2, 0.25) is 11.8 Å². The first-order valence-corrected chi connectivity index (χ1v) is 13.3. The van der Waals surface area contributed by atoms with Gasteiger partial charge in [0.1, 0.15) is 12.6 Å². The number of sulfonamides is 1. The lowest BCUT2D eigenvalue weighted by Crippen LogP contribution is -2.51. The number of nitrogens with one attached hydrogen (secondary N) is 1. The third-order valence-electron chi connectivity index (χ3n) is 6.05. The first kappa shape index (κ1) is 26.9. The number of benzene rings is 3. The lowest BCUT2D eigenvalue weighted by molar-refractivity contribution is -0.139. The zero-order valence-electron chi connectivity index (χ0n) is 21.1. The molecule has 0 aromatic heterocycles. The molecule has 3 aromatic carbocycles. The molecule has 36 heavy (non-hydrogen) atoms. The molecule has 7 nitrogen and oxygen atoms in total. The van der Waals surface area contributed by atoms with Crippen molar-refractivity contribution in [2.24, 2.45) is 0 Å². The lowest BCUT2D eigenvalue weighted by atomic mass is 10.1. The molecule has 0 aliphatic rings. The number of amides is 2. The third kappa shape index (κ3) is 6.31. The molecule has 0 saturated carbocycles. The van der Waals surface area contributed by atoms with Crippen LogP contribution >= 0.6 is 0 Å². The molecule has 3 aromatic rings. The Morgan fingerprint density at radius 2 is 1.50 bits per heavy atom. The van der Waals surface area contributed by atoms with Crippen LogP contribution in [0.1, 0.15) is 30.5 Å². The van der Waals surface area contributed by atoms with Gasteiger partial charge in [-0.1, -0.05) is 60.2 Å². The van der Waals surface area contributed by atoms with Gasteiger partial charge >= 0.3 is 0 Å². The number of aryl methyl sites for hydroxylation is 2. The summed E-state index contributed by atoms with van der Waals surface area (Å²) < 4.78 is 28.5. The Morgan fingerprint density at radius 3 is 2.11 bits per heavy atom. The monoisotopic (exact) mass is 507 g/mol. The van der Waals surface area contributed by atoms with Gasteiger partial charge in [-0.15, -0.1) is 0 Å². The van der Waals surface area contributed by atoms with Crippen LogP contribution in [0, 0.1) is 13.8 Å². The van der Waals surface area contributed by atoms with Gasteiger partial charge in [-0.05, 0) is 63.1 Å². The fourth-order valence-electron chi connectivity index (χ4n) is 3.84. The number of rotatable bonds is 10. The summed E-state index contributed by atoms with van der Waals surface area (Å²) in [5, 5.41) is 2.76. The van der Waals surface area contributed by atoms with Gasteiger partial charge in [-0.3, -0.25) is 13.9 Å². The molecule has 0 aliphatic carbocycles. The van der Waals surface area contributed by atoms with Gasteiger partial charge in [0.25, 0.3) is 10.0 Å². The predicted octanol–water partition coefficient (Wildman–Crippen LogP) is 4.05. The van der Waals surface area contributed by atoms with E-state index < -0.39 is 28.5 Å². The summed E-state index contributed by atoms with van der Waals surface area (Å²) in [7, 11) is -4.05. The highest BCUT2D eigenvalue weighted by Crippen LogP contribution is 2.25. The fourth-order valence-corrected chi connectivity index (χ4v) is 5.25. The Morgan fingerprint density at radius 1 is 0.889 bits per heavy atom. The lowest BCUT2D eigenvalue weighted by Gasteiger charge is -2.32. The molecule has 0 spiro atoms. The number of carbonyl (C=O) groups excluding carboxylic acids is 2. The van der Waals surface area contributed by atoms with Crippen LogP contribution < -0.4 is 9.62 Å². The van der Waals surface area contributed by atoms with E-state index in [2.05, 4.69) is 5.32 Å². The van der Waals surface area contributed by atoms with Crippen LogP contribution in [0.3, 0.4) is 0 Å². The van der Waals surface area contributed by atoms with Crippen LogP contribution in [0.5, 0.6) is 0 Å². The number of likely N-dealkylation sites (N-methyl/N-ethyl adjacent to an activating group) is 1. The van der Waals surface area contributed by atoms with Crippen molar-refractivity contribution in [2.75, 3.05) is 17.4 Å². The molecule has 0 aliphatic heterocycles. The summed E-state index contributed by atoms with van der Waals surface area (Å²) in [6.07, 6.45) is 0. The Bertz CT molecular complexity index is 1290. The number of hydrogen-bond donors (Lipinski definition) is 1. The van der Waals surface area contributed by atoms with E-state index in [0.29, 0.717) is 12.2 Å². The van der Waals surface area contributed by atoms with E-state index >= 15 is 0 Å². The smallest absolute Gasteiger partial charge is 0.264 e. The van der Waals surface area contributed by atoms with Crippen LogP contribution in [-0.4, -0.2) is 44.3 Å². The topological polar surface area (TPSA) is 86.8 Å². The van der Waals surface area contributed by atoms with E-state index in [9.17, 15) is 18.0 Å². The van der Waals surface area contributed by atoms with Crippen LogP contribution in [0.2, 0.25) is 0 Å². The Balaban J connectivity index is 2.01. The second-order valence-corrected chi connectivity index (χ2v) is 10.5. The average Bonchev–Trinajstić information content (AvgIpc) is 2.87. The molecule has 0 heterocycles. The van der Waals surface area contributed by atoms with Crippen molar-refractivity contribution < 1.29 is 18.0 Å². The van der Waals surface area contributed by atoms with E-state index in [1.165, 1.54) is 17.0 Å². The van der Waals surface area contributed by atoms with Crippen LogP contribution in [0.4, 0.5) is 5.69 Å². The molecule has 0 saturated heterocycles. The summed E-state index contributed by atoms with van der Waals surface area (Å²) in [5.74, 6) is -0.774. The molecule has 2 amide bonds. The summed E-state index contributed by atoms with van der Waals surface area (Å²) in [4.78, 5) is 28.0. The van der Waals surface area contributed by atoms with Gasteiger partial charge in [-0.2, -0.15) is 0 Å². The minimum absolute atomic E-state index is 0.0898. The Hall–Kier alpha value is -3.65. The van der Waals surface area contributed by atoms with E-state index in [4.69, 9.17) is 0 Å². The first-order chi connectivity index (χ1) is 17.1. The number of hydrogen-bond acceptors (Lipinski definition) is 4. The van der Waals surface area contributed by atoms with Crippen molar-refractivity contribution in [2.45, 2.75) is 45.2 Å². The zero-order valence-corrected chi connectivity index (χ0v) is 22.0. The minimum atomic E-state index is -4.05. The maximum Gasteiger partial charge on any atom is 0.264 e. The average molecular weight is 508 g/mol. The van der Waals surface area contributed by atoms with E-state index in [1.807, 2.05) is 45.0 Å². The molecule has 0 fully saturated rings. The van der Waals surface area contributed by atoms with Gasteiger partial charge < -0.3 is 10.2 Å². The summed E-state index contributed by atoms with van der Waals surface area (Å²) >= 11 is 0. The molecular formula is C28H33N3O4S. The van der Waals surface area contributed by atoms with Gasteiger partial charge in [0, 0.05) is 13.1 Å². The maximum atomic E-state index is 13.8. The standard InChI is InChI=1S/C28H33N3O4S/c1-5-29-28(33)23(4)30(19-24-12-10-9-11-22(24)3)27(32)20-31(25-13-7-6-8-14-25)36(34,35)26-17-15-21(2)16-18-26/h6-18,23H,5,19-20H2,1-4H3,(H,29,33)/t23-/m0/s1. The van der Waals surface area contributed by atoms with Crippen molar-refractivity contribution in [1.82, 2.24) is 10.2 Å². The van der Waals surface area contributed by atoms with Gasteiger partial charge in [0.15, 0.2) is 0 Å². The quantitative estimate of drug-likeness (QED) is 0.449.